The van der Waals surface area contributed by atoms with Gasteiger partial charge in [0.25, 0.3) is 0 Å². The van der Waals surface area contributed by atoms with Crippen LogP contribution in [0.1, 0.15) is 5.56 Å². The van der Waals surface area contributed by atoms with Crippen molar-refractivity contribution in [3.05, 3.63) is 51.4 Å². The summed E-state index contributed by atoms with van der Waals surface area (Å²) in [6.07, 6.45) is 1.35. The van der Waals surface area contributed by atoms with Gasteiger partial charge in [-0.05, 0) is 29.7 Å². The highest BCUT2D eigenvalue weighted by atomic mass is 35.5. The fourth-order valence-electron chi connectivity index (χ4n) is 1.57. The van der Waals surface area contributed by atoms with E-state index in [1.54, 1.807) is 24.3 Å². The van der Waals surface area contributed by atoms with Crippen LogP contribution in [0.2, 0.25) is 5.28 Å². The second-order valence-electron chi connectivity index (χ2n) is 3.77. The van der Waals surface area contributed by atoms with E-state index in [9.17, 15) is 10.1 Å². The first-order valence-electron chi connectivity index (χ1n) is 5.65. The van der Waals surface area contributed by atoms with Gasteiger partial charge < -0.3 is 9.84 Å². The molecule has 0 aliphatic carbocycles. The molecule has 0 radical (unpaired) electrons. The number of aromatic nitrogens is 2. The van der Waals surface area contributed by atoms with Crippen LogP contribution < -0.4 is 4.74 Å². The molecule has 1 N–H and O–H groups in total. The highest BCUT2D eigenvalue weighted by Gasteiger charge is 2.20. The van der Waals surface area contributed by atoms with Crippen molar-refractivity contribution in [3.8, 4) is 11.6 Å². The number of hydrogen-bond acceptors (Lipinski definition) is 6. The molecule has 7 nitrogen and oxygen atoms in total. The second kappa shape index (κ2) is 6.27. The average Bonchev–Trinajstić information content (AvgIpc) is 2.41. The monoisotopic (exact) mass is 295 g/mol. The van der Waals surface area contributed by atoms with Crippen molar-refractivity contribution in [1.29, 1.82) is 0 Å². The summed E-state index contributed by atoms with van der Waals surface area (Å²) in [5.41, 5.74) is 0.326. The Labute approximate surface area is 119 Å². The Balaban J connectivity index is 2.39. The van der Waals surface area contributed by atoms with Crippen molar-refractivity contribution in [3.63, 3.8) is 0 Å². The van der Waals surface area contributed by atoms with Gasteiger partial charge in [0.15, 0.2) is 0 Å². The summed E-state index contributed by atoms with van der Waals surface area (Å²) >= 11 is 5.62. The molecule has 0 bridgehead atoms. The number of aliphatic hydroxyl groups excluding tert-OH is 1. The topological polar surface area (TPSA) is 98.4 Å². The van der Waals surface area contributed by atoms with Crippen molar-refractivity contribution >= 4 is 17.3 Å². The minimum atomic E-state index is -0.652. The van der Waals surface area contributed by atoms with Crippen molar-refractivity contribution in [2.45, 2.75) is 6.42 Å². The molecular weight excluding hydrogens is 286 g/mol. The van der Waals surface area contributed by atoms with Crippen LogP contribution >= 0.6 is 11.6 Å². The molecule has 8 heteroatoms. The van der Waals surface area contributed by atoms with Crippen molar-refractivity contribution in [2.24, 2.45) is 0 Å². The van der Waals surface area contributed by atoms with Gasteiger partial charge in [-0.1, -0.05) is 18.2 Å². The first-order chi connectivity index (χ1) is 9.61. The third kappa shape index (κ3) is 3.19. The van der Waals surface area contributed by atoms with E-state index in [4.69, 9.17) is 21.4 Å². The Kier molecular flexibility index (Phi) is 4.44. The van der Waals surface area contributed by atoms with E-state index in [0.29, 0.717) is 17.7 Å². The maximum Gasteiger partial charge on any atom is 0.349 e. The molecule has 0 aliphatic heterocycles. The summed E-state index contributed by atoms with van der Waals surface area (Å²) in [7, 11) is 0. The number of ether oxygens (including phenoxy) is 1. The molecule has 1 heterocycles. The third-order valence-electron chi connectivity index (χ3n) is 2.46. The van der Waals surface area contributed by atoms with Gasteiger partial charge in [-0.3, -0.25) is 10.1 Å². The number of benzene rings is 1. The van der Waals surface area contributed by atoms with Crippen LogP contribution in [0.3, 0.4) is 0 Å². The van der Waals surface area contributed by atoms with Crippen molar-refractivity contribution in [2.75, 3.05) is 6.61 Å². The molecule has 0 atom stereocenters. The first kappa shape index (κ1) is 14.2. The molecule has 0 unspecified atom stereocenters. The van der Waals surface area contributed by atoms with E-state index in [1.165, 1.54) is 0 Å². The highest BCUT2D eigenvalue weighted by molar-refractivity contribution is 6.28. The SMILES string of the molecule is O=[N+]([O-])c1cnc(Cl)nc1Oc1ccccc1CCO. The molecule has 2 rings (SSSR count). The smallest absolute Gasteiger partial charge is 0.349 e. The molecule has 20 heavy (non-hydrogen) atoms. The molecular formula is C12H10ClN3O4. The van der Waals surface area contributed by atoms with E-state index in [1.807, 2.05) is 0 Å². The van der Waals surface area contributed by atoms with Crippen LogP contribution in [-0.2, 0) is 6.42 Å². The van der Waals surface area contributed by atoms with Crippen LogP contribution in [0.15, 0.2) is 30.5 Å². The maximum absolute atomic E-state index is 10.9. The lowest BCUT2D eigenvalue weighted by atomic mass is 10.1. The van der Waals surface area contributed by atoms with Gasteiger partial charge in [-0.15, -0.1) is 0 Å². The molecule has 0 aliphatic rings. The number of halogens is 1. The first-order valence-corrected chi connectivity index (χ1v) is 6.03. The minimum absolute atomic E-state index is 0.0625. The summed E-state index contributed by atoms with van der Waals surface area (Å²) in [5.74, 6) is 0.139. The van der Waals surface area contributed by atoms with Gasteiger partial charge in [0.05, 0.1) is 4.92 Å². The number of aliphatic hydroxyl groups is 1. The number of nitrogens with zero attached hydrogens (tertiary/aromatic N) is 3. The van der Waals surface area contributed by atoms with E-state index in [2.05, 4.69) is 9.97 Å². The van der Waals surface area contributed by atoms with Crippen LogP contribution in [0.4, 0.5) is 5.69 Å². The van der Waals surface area contributed by atoms with E-state index in [0.717, 1.165) is 6.20 Å². The standard InChI is InChI=1S/C12H10ClN3O4/c13-12-14-7-9(16(18)19)11(15-12)20-10-4-2-1-3-8(10)5-6-17/h1-4,7,17H,5-6H2. The molecule has 0 spiro atoms. The Bertz CT molecular complexity index is 636. The summed E-state index contributed by atoms with van der Waals surface area (Å²) in [6.45, 7) is -0.0625. The zero-order valence-corrected chi connectivity index (χ0v) is 10.9. The Morgan fingerprint density at radius 2 is 2.15 bits per heavy atom. The number of nitro groups is 1. The zero-order valence-electron chi connectivity index (χ0n) is 10.2. The van der Waals surface area contributed by atoms with E-state index < -0.39 is 4.92 Å². The van der Waals surface area contributed by atoms with Crippen LogP contribution in [0.25, 0.3) is 0 Å². The lowest BCUT2D eigenvalue weighted by molar-refractivity contribution is -0.386. The lowest BCUT2D eigenvalue weighted by Crippen LogP contribution is -2.00. The Morgan fingerprint density at radius 1 is 1.40 bits per heavy atom. The molecule has 2 aromatic rings. The van der Waals surface area contributed by atoms with Crippen LogP contribution in [0, 0.1) is 10.1 Å². The predicted molar refractivity (Wildman–Crippen MR) is 71.0 cm³/mol. The summed E-state index contributed by atoms with van der Waals surface area (Å²) in [5, 5.41) is 19.7. The van der Waals surface area contributed by atoms with Gasteiger partial charge in [0.2, 0.25) is 5.28 Å². The molecule has 0 saturated carbocycles. The molecule has 0 fully saturated rings. The normalized spacial score (nSPS) is 10.3. The van der Waals surface area contributed by atoms with Gasteiger partial charge in [-0.2, -0.15) is 4.98 Å². The number of para-hydroxylation sites is 1. The zero-order chi connectivity index (χ0) is 14.5. The molecule has 1 aromatic heterocycles. The molecule has 0 saturated heterocycles. The van der Waals surface area contributed by atoms with E-state index >= 15 is 0 Å². The lowest BCUT2D eigenvalue weighted by Gasteiger charge is -2.09. The summed E-state index contributed by atoms with van der Waals surface area (Å²) < 4.78 is 5.45. The molecule has 0 amide bonds. The van der Waals surface area contributed by atoms with Gasteiger partial charge in [-0.25, -0.2) is 4.98 Å². The quantitative estimate of drug-likeness (QED) is 0.516. The van der Waals surface area contributed by atoms with E-state index in [-0.39, 0.29) is 23.5 Å². The molecule has 1 aromatic carbocycles. The number of rotatable bonds is 5. The van der Waals surface area contributed by atoms with Gasteiger partial charge >= 0.3 is 11.6 Å². The average molecular weight is 296 g/mol. The van der Waals surface area contributed by atoms with Crippen LogP contribution in [0.5, 0.6) is 11.6 Å². The third-order valence-corrected chi connectivity index (χ3v) is 2.65. The summed E-state index contributed by atoms with van der Waals surface area (Å²) in [4.78, 5) is 17.5. The predicted octanol–water partition coefficient (Wildman–Crippen LogP) is 2.37. The van der Waals surface area contributed by atoms with Gasteiger partial charge in [0, 0.05) is 6.61 Å². The Morgan fingerprint density at radius 3 is 2.85 bits per heavy atom. The van der Waals surface area contributed by atoms with Crippen LogP contribution in [-0.4, -0.2) is 26.6 Å². The number of hydrogen-bond donors (Lipinski definition) is 1. The highest BCUT2D eigenvalue weighted by Crippen LogP contribution is 2.31. The van der Waals surface area contributed by atoms with Crippen molar-refractivity contribution in [1.82, 2.24) is 9.97 Å². The second-order valence-corrected chi connectivity index (χ2v) is 4.11. The van der Waals surface area contributed by atoms with Crippen molar-refractivity contribution < 1.29 is 14.8 Å². The summed E-state index contributed by atoms with van der Waals surface area (Å²) in [6, 6.07) is 6.87. The minimum Gasteiger partial charge on any atom is -0.433 e. The van der Waals surface area contributed by atoms with Gasteiger partial charge in [0.1, 0.15) is 11.9 Å². The fraction of sp³-hybridized carbons (Fsp3) is 0.167. The Hall–Kier alpha value is -2.25. The fourth-order valence-corrected chi connectivity index (χ4v) is 1.70. The maximum atomic E-state index is 10.9. The molecule has 104 valence electrons. The largest absolute Gasteiger partial charge is 0.433 e.